The third kappa shape index (κ3) is 4.19. The van der Waals surface area contributed by atoms with Crippen molar-refractivity contribution in [1.29, 1.82) is 0 Å². The molecule has 10 aromatic rings. The lowest BCUT2D eigenvalue weighted by molar-refractivity contribution is 0.590. The maximum atomic E-state index is 2.63. The maximum absolute atomic E-state index is 2.63. The maximum Gasteiger partial charge on any atom is 0.252 e. The first kappa shape index (κ1) is 31.6. The van der Waals surface area contributed by atoms with Crippen LogP contribution >= 0.6 is 0 Å². The van der Waals surface area contributed by atoms with Crippen LogP contribution in [0.1, 0.15) is 26.3 Å². The molecular weight excluding hydrogens is 677 g/mol. The molecule has 4 heteroatoms. The van der Waals surface area contributed by atoms with Gasteiger partial charge in [0.25, 0.3) is 6.71 Å². The Kier molecular flexibility index (Phi) is 6.41. The van der Waals surface area contributed by atoms with Crippen LogP contribution in [-0.4, -0.2) is 15.8 Å². The van der Waals surface area contributed by atoms with Crippen LogP contribution in [0.2, 0.25) is 0 Å². The number of anilines is 3. The van der Waals surface area contributed by atoms with Crippen molar-refractivity contribution in [2.75, 3.05) is 4.90 Å². The molecule has 4 heterocycles. The minimum atomic E-state index is 0.0441. The summed E-state index contributed by atoms with van der Waals surface area (Å²) in [7, 11) is 0. The Balaban J connectivity index is 1.31. The van der Waals surface area contributed by atoms with E-state index in [1.54, 1.807) is 0 Å². The first-order valence-corrected chi connectivity index (χ1v) is 19.7. The topological polar surface area (TPSA) is 13.1 Å². The molecule has 3 nitrogen and oxygen atoms in total. The molecular formula is C52H38BN3. The molecule has 0 N–H and O–H groups in total. The molecule has 0 atom stereocenters. The molecule has 0 saturated heterocycles. The predicted molar refractivity (Wildman–Crippen MR) is 239 cm³/mol. The summed E-state index contributed by atoms with van der Waals surface area (Å²) >= 11 is 0. The predicted octanol–water partition coefficient (Wildman–Crippen LogP) is 11.5. The molecule has 12 rings (SSSR count). The van der Waals surface area contributed by atoms with Gasteiger partial charge in [0.05, 0.1) is 22.1 Å². The summed E-state index contributed by atoms with van der Waals surface area (Å²) in [5, 5.41) is 5.10. The average molecular weight is 716 g/mol. The van der Waals surface area contributed by atoms with E-state index >= 15 is 0 Å². The SMILES string of the molecule is CC(C)(C)c1ccc(-c2c3c(cc4c5ccc6c7c5n(c24)-c2ccccc2B7c2ccccc2N6c2ccccc2)c2ccccc2n3-c2ccccc2)cc1. The van der Waals surface area contributed by atoms with E-state index in [1.165, 1.54) is 99.4 Å². The molecule has 0 radical (unpaired) electrons. The molecule has 2 aliphatic rings. The molecule has 0 aliphatic carbocycles. The molecule has 0 fully saturated rings. The van der Waals surface area contributed by atoms with Gasteiger partial charge >= 0.3 is 0 Å². The largest absolute Gasteiger partial charge is 0.311 e. The van der Waals surface area contributed by atoms with Crippen molar-refractivity contribution in [3.63, 3.8) is 0 Å². The fourth-order valence-electron chi connectivity index (χ4n) is 10.0. The fraction of sp³-hybridized carbons (Fsp3) is 0.0769. The van der Waals surface area contributed by atoms with Crippen LogP contribution in [-0.2, 0) is 5.41 Å². The Morgan fingerprint density at radius 3 is 1.75 bits per heavy atom. The zero-order chi connectivity index (χ0) is 37.3. The molecule has 264 valence electrons. The Morgan fingerprint density at radius 1 is 0.429 bits per heavy atom. The van der Waals surface area contributed by atoms with Gasteiger partial charge in [0.15, 0.2) is 0 Å². The van der Waals surface area contributed by atoms with Gasteiger partial charge in [-0.25, -0.2) is 0 Å². The van der Waals surface area contributed by atoms with Gasteiger partial charge in [-0.2, -0.15) is 0 Å². The number of benzene rings is 8. The quantitative estimate of drug-likeness (QED) is 0.166. The molecule has 56 heavy (non-hydrogen) atoms. The zero-order valence-electron chi connectivity index (χ0n) is 31.7. The summed E-state index contributed by atoms with van der Waals surface area (Å²) in [6, 6.07) is 65.6. The van der Waals surface area contributed by atoms with Crippen molar-refractivity contribution in [3.05, 3.63) is 181 Å². The monoisotopic (exact) mass is 715 g/mol. The lowest BCUT2D eigenvalue weighted by atomic mass is 9.34. The van der Waals surface area contributed by atoms with Gasteiger partial charge in [-0.15, -0.1) is 0 Å². The van der Waals surface area contributed by atoms with Gasteiger partial charge in [-0.3, -0.25) is 0 Å². The van der Waals surface area contributed by atoms with E-state index in [0.29, 0.717) is 0 Å². The number of rotatable bonds is 3. The highest BCUT2D eigenvalue weighted by Gasteiger charge is 2.42. The van der Waals surface area contributed by atoms with Crippen molar-refractivity contribution in [2.45, 2.75) is 26.2 Å². The van der Waals surface area contributed by atoms with Crippen LogP contribution in [0.25, 0.3) is 66.1 Å². The standard InChI is InChI=1S/C52H38BN3/c1-52(2,3)34-28-26-33(27-29-34)47-49-39(37-20-10-13-23-43(37)55(49)36-18-8-5-9-19-36)32-40-38-30-31-46-48-51(38)56(50(40)47)45-25-15-12-22-42(45)53(48)41-21-11-14-24-44(41)54(46)35-16-6-4-7-17-35/h4-32H,1-3H3. The van der Waals surface area contributed by atoms with Crippen LogP contribution in [0.4, 0.5) is 17.1 Å². The average Bonchev–Trinajstić information content (AvgIpc) is 3.75. The highest BCUT2D eigenvalue weighted by Crippen LogP contribution is 2.49. The zero-order valence-corrected chi connectivity index (χ0v) is 31.7. The van der Waals surface area contributed by atoms with E-state index in [1.807, 2.05) is 0 Å². The van der Waals surface area contributed by atoms with Crippen molar-refractivity contribution >= 4 is 83.8 Å². The Hall–Kier alpha value is -6.78. The highest BCUT2D eigenvalue weighted by atomic mass is 15.2. The molecule has 8 aromatic carbocycles. The van der Waals surface area contributed by atoms with Crippen LogP contribution in [0.5, 0.6) is 0 Å². The van der Waals surface area contributed by atoms with Crippen LogP contribution in [0, 0.1) is 0 Å². The minimum Gasteiger partial charge on any atom is -0.311 e. The van der Waals surface area contributed by atoms with E-state index in [4.69, 9.17) is 0 Å². The number of nitrogens with zero attached hydrogens (tertiary/aromatic N) is 3. The number of hydrogen-bond acceptors (Lipinski definition) is 1. The Labute approximate surface area is 326 Å². The highest BCUT2D eigenvalue weighted by molar-refractivity contribution is 7.00. The first-order valence-electron chi connectivity index (χ1n) is 19.7. The van der Waals surface area contributed by atoms with Crippen molar-refractivity contribution < 1.29 is 0 Å². The summed E-state index contributed by atoms with van der Waals surface area (Å²) in [6.07, 6.45) is 0. The van der Waals surface area contributed by atoms with E-state index in [0.717, 1.165) is 5.69 Å². The molecule has 0 spiro atoms. The van der Waals surface area contributed by atoms with E-state index in [2.05, 4.69) is 211 Å². The van der Waals surface area contributed by atoms with Gasteiger partial charge in [-0.1, -0.05) is 142 Å². The Bertz CT molecular complexity index is 3220. The summed E-state index contributed by atoms with van der Waals surface area (Å²) in [6.45, 7) is 6.99. The van der Waals surface area contributed by atoms with Crippen LogP contribution in [0.3, 0.4) is 0 Å². The summed E-state index contributed by atoms with van der Waals surface area (Å²) in [4.78, 5) is 2.48. The third-order valence-electron chi connectivity index (χ3n) is 12.4. The van der Waals surface area contributed by atoms with Gasteiger partial charge in [0.1, 0.15) is 0 Å². The smallest absolute Gasteiger partial charge is 0.252 e. The van der Waals surface area contributed by atoms with Gasteiger partial charge in [0.2, 0.25) is 0 Å². The van der Waals surface area contributed by atoms with Gasteiger partial charge in [-0.05, 0) is 87.5 Å². The Morgan fingerprint density at radius 2 is 1.02 bits per heavy atom. The van der Waals surface area contributed by atoms with Crippen molar-refractivity contribution in [2.24, 2.45) is 0 Å². The molecule has 0 amide bonds. The summed E-state index contributed by atoms with van der Waals surface area (Å²) in [5.41, 5.74) is 19.0. The second-order valence-electron chi connectivity index (χ2n) is 16.5. The van der Waals surface area contributed by atoms with Gasteiger partial charge in [0, 0.05) is 55.5 Å². The molecule has 2 aliphatic heterocycles. The van der Waals surface area contributed by atoms with Crippen molar-refractivity contribution in [3.8, 4) is 22.5 Å². The summed E-state index contributed by atoms with van der Waals surface area (Å²) < 4.78 is 5.13. The normalized spacial score (nSPS) is 13.2. The third-order valence-corrected chi connectivity index (χ3v) is 12.4. The molecule has 0 bridgehead atoms. The number of para-hydroxylation sites is 5. The lowest BCUT2D eigenvalue weighted by Gasteiger charge is -2.39. The number of fused-ring (bicyclic) bond motifs is 11. The van der Waals surface area contributed by atoms with Crippen LogP contribution in [0.15, 0.2) is 176 Å². The molecule has 2 aromatic heterocycles. The molecule has 0 unspecified atom stereocenters. The first-order chi connectivity index (χ1) is 27.5. The van der Waals surface area contributed by atoms with Gasteiger partial charge < -0.3 is 14.0 Å². The van der Waals surface area contributed by atoms with Crippen LogP contribution < -0.4 is 21.3 Å². The second kappa shape index (κ2) is 11.4. The number of hydrogen-bond donors (Lipinski definition) is 0. The van der Waals surface area contributed by atoms with E-state index in [-0.39, 0.29) is 12.1 Å². The van der Waals surface area contributed by atoms with E-state index < -0.39 is 0 Å². The number of aromatic nitrogens is 2. The fourth-order valence-corrected chi connectivity index (χ4v) is 10.0. The van der Waals surface area contributed by atoms with Crippen molar-refractivity contribution in [1.82, 2.24) is 9.13 Å². The summed E-state index contributed by atoms with van der Waals surface area (Å²) in [5.74, 6) is 0. The second-order valence-corrected chi connectivity index (χ2v) is 16.5. The van der Waals surface area contributed by atoms with E-state index in [9.17, 15) is 0 Å². The lowest BCUT2D eigenvalue weighted by Crippen LogP contribution is -2.60. The molecule has 0 saturated carbocycles. The minimum absolute atomic E-state index is 0.0441.